The quantitative estimate of drug-likeness (QED) is 0.427. The smallest absolute Gasteiger partial charge is 0.238 e. The zero-order chi connectivity index (χ0) is 22.1. The number of fused-ring (bicyclic) bond motifs is 2. The standard InChI is InChI=1S/C24H20N4O4/c25-12-23(29)28-18-7-2-1-6-17(18)27-19-11-21(32-24-15(19)4-3-5-16(24)26)14-8-9-20-22(10-14)31-13-30-20/h1-11H,12-13,25-26H2,(H,28,29). The molecule has 1 aliphatic rings. The largest absolute Gasteiger partial charge is 0.454 e. The molecular formula is C24H20N4O4. The third-order valence-electron chi connectivity index (χ3n) is 5.06. The van der Waals surface area contributed by atoms with Gasteiger partial charge in [-0.15, -0.1) is 0 Å². The van der Waals surface area contributed by atoms with E-state index in [0.717, 1.165) is 10.9 Å². The number of rotatable bonds is 4. The van der Waals surface area contributed by atoms with Gasteiger partial charge in [-0.25, -0.2) is 4.99 Å². The molecule has 32 heavy (non-hydrogen) atoms. The molecule has 0 fully saturated rings. The summed E-state index contributed by atoms with van der Waals surface area (Å²) in [5, 5.41) is 4.16. The third kappa shape index (κ3) is 3.63. The van der Waals surface area contributed by atoms with Crippen LogP contribution in [-0.2, 0) is 4.79 Å². The van der Waals surface area contributed by atoms with Gasteiger partial charge in [0.05, 0.1) is 29.0 Å². The first-order valence-corrected chi connectivity index (χ1v) is 9.98. The molecule has 160 valence electrons. The lowest BCUT2D eigenvalue weighted by Crippen LogP contribution is -2.21. The van der Waals surface area contributed by atoms with Gasteiger partial charge in [-0.05, 0) is 42.5 Å². The van der Waals surface area contributed by atoms with E-state index in [4.69, 9.17) is 30.4 Å². The number of nitrogen functional groups attached to an aromatic ring is 1. The van der Waals surface area contributed by atoms with Gasteiger partial charge in [-0.1, -0.05) is 18.2 Å². The molecule has 5 N–H and O–H groups in total. The molecule has 1 aromatic heterocycles. The van der Waals surface area contributed by atoms with E-state index in [2.05, 4.69) is 5.32 Å². The Morgan fingerprint density at radius 1 is 1.00 bits per heavy atom. The molecule has 1 amide bonds. The summed E-state index contributed by atoms with van der Waals surface area (Å²) < 4.78 is 17.1. The van der Waals surface area contributed by atoms with Crippen molar-refractivity contribution in [1.82, 2.24) is 0 Å². The monoisotopic (exact) mass is 428 g/mol. The van der Waals surface area contributed by atoms with Crippen LogP contribution in [0.25, 0.3) is 22.3 Å². The van der Waals surface area contributed by atoms with E-state index in [1.165, 1.54) is 0 Å². The zero-order valence-corrected chi connectivity index (χ0v) is 17.0. The molecule has 3 aromatic carbocycles. The SMILES string of the molecule is NCC(=O)Nc1ccccc1N=c1cc(-c2ccc3c(c2)OCO3)oc2c(N)cccc12. The Morgan fingerprint density at radius 3 is 2.72 bits per heavy atom. The highest BCUT2D eigenvalue weighted by atomic mass is 16.7. The number of hydrogen-bond donors (Lipinski definition) is 3. The highest BCUT2D eigenvalue weighted by Gasteiger charge is 2.16. The zero-order valence-electron chi connectivity index (χ0n) is 17.0. The lowest BCUT2D eigenvalue weighted by Gasteiger charge is -2.09. The second-order valence-corrected chi connectivity index (χ2v) is 7.17. The van der Waals surface area contributed by atoms with E-state index in [1.807, 2.05) is 54.6 Å². The van der Waals surface area contributed by atoms with Crippen LogP contribution < -0.4 is 31.6 Å². The second-order valence-electron chi connectivity index (χ2n) is 7.17. The van der Waals surface area contributed by atoms with Crippen LogP contribution in [0.1, 0.15) is 0 Å². The molecule has 0 bridgehead atoms. The van der Waals surface area contributed by atoms with Gasteiger partial charge in [0.25, 0.3) is 0 Å². The number of para-hydroxylation sites is 3. The number of ether oxygens (including phenoxy) is 2. The summed E-state index contributed by atoms with van der Waals surface area (Å²) in [4.78, 5) is 16.7. The van der Waals surface area contributed by atoms with E-state index >= 15 is 0 Å². The molecule has 0 unspecified atom stereocenters. The van der Waals surface area contributed by atoms with Gasteiger partial charge < -0.3 is 30.7 Å². The summed E-state index contributed by atoms with van der Waals surface area (Å²) in [6, 6.07) is 20.2. The van der Waals surface area contributed by atoms with Crippen LogP contribution in [-0.4, -0.2) is 19.2 Å². The fraction of sp³-hybridized carbons (Fsp3) is 0.0833. The molecule has 0 radical (unpaired) electrons. The minimum Gasteiger partial charge on any atom is -0.454 e. The Bertz CT molecular complexity index is 1410. The molecule has 4 aromatic rings. The molecule has 8 heteroatoms. The molecule has 0 aliphatic carbocycles. The predicted octanol–water partition coefficient (Wildman–Crippen LogP) is 3.54. The Balaban J connectivity index is 1.72. The van der Waals surface area contributed by atoms with Crippen molar-refractivity contribution in [3.63, 3.8) is 0 Å². The Hall–Kier alpha value is -4.30. The van der Waals surface area contributed by atoms with Crippen molar-refractivity contribution in [2.24, 2.45) is 10.7 Å². The number of nitrogens with two attached hydrogens (primary N) is 2. The highest BCUT2D eigenvalue weighted by Crippen LogP contribution is 2.36. The van der Waals surface area contributed by atoms with Crippen LogP contribution in [0.4, 0.5) is 17.1 Å². The van der Waals surface area contributed by atoms with E-state index in [0.29, 0.717) is 45.3 Å². The van der Waals surface area contributed by atoms with Gasteiger partial charge in [-0.2, -0.15) is 0 Å². The molecule has 0 saturated heterocycles. The predicted molar refractivity (Wildman–Crippen MR) is 122 cm³/mol. The summed E-state index contributed by atoms with van der Waals surface area (Å²) >= 11 is 0. The first-order chi connectivity index (χ1) is 15.6. The van der Waals surface area contributed by atoms with Gasteiger partial charge in [-0.3, -0.25) is 4.79 Å². The lowest BCUT2D eigenvalue weighted by molar-refractivity contribution is -0.114. The normalized spacial score (nSPS) is 12.8. The van der Waals surface area contributed by atoms with Crippen LogP contribution in [0.3, 0.4) is 0 Å². The van der Waals surface area contributed by atoms with E-state index in [-0.39, 0.29) is 19.2 Å². The van der Waals surface area contributed by atoms with Crippen molar-refractivity contribution in [2.45, 2.75) is 0 Å². The molecule has 0 atom stereocenters. The van der Waals surface area contributed by atoms with Crippen molar-refractivity contribution in [1.29, 1.82) is 0 Å². The van der Waals surface area contributed by atoms with Crippen molar-refractivity contribution in [3.05, 3.63) is 72.1 Å². The van der Waals surface area contributed by atoms with Crippen LogP contribution >= 0.6 is 0 Å². The van der Waals surface area contributed by atoms with E-state index < -0.39 is 0 Å². The Morgan fingerprint density at radius 2 is 1.84 bits per heavy atom. The number of carbonyl (C=O) groups excluding carboxylic acids is 1. The number of carbonyl (C=O) groups is 1. The molecular weight excluding hydrogens is 408 g/mol. The second kappa shape index (κ2) is 8.09. The maximum absolute atomic E-state index is 11.8. The number of anilines is 2. The van der Waals surface area contributed by atoms with Crippen molar-refractivity contribution in [3.8, 4) is 22.8 Å². The maximum atomic E-state index is 11.8. The molecule has 1 aliphatic heterocycles. The van der Waals surface area contributed by atoms with Gasteiger partial charge in [0.2, 0.25) is 12.7 Å². The van der Waals surface area contributed by atoms with Crippen LogP contribution in [0, 0.1) is 0 Å². The first-order valence-electron chi connectivity index (χ1n) is 9.98. The van der Waals surface area contributed by atoms with Crippen LogP contribution in [0.15, 0.2) is 76.1 Å². The summed E-state index contributed by atoms with van der Waals surface area (Å²) in [5.74, 6) is 1.59. The van der Waals surface area contributed by atoms with Gasteiger partial charge >= 0.3 is 0 Å². The number of hydrogen-bond acceptors (Lipinski definition) is 7. The number of benzene rings is 3. The fourth-order valence-corrected chi connectivity index (χ4v) is 3.50. The molecule has 0 spiro atoms. The van der Waals surface area contributed by atoms with Gasteiger partial charge in [0.15, 0.2) is 17.1 Å². The molecule has 0 saturated carbocycles. The summed E-state index contributed by atoms with van der Waals surface area (Å²) in [6.07, 6.45) is 0. The van der Waals surface area contributed by atoms with Crippen molar-refractivity contribution < 1.29 is 18.7 Å². The third-order valence-corrected chi connectivity index (χ3v) is 5.06. The first kappa shape index (κ1) is 19.7. The average Bonchev–Trinajstić information content (AvgIpc) is 3.28. The Labute approximate surface area is 183 Å². The van der Waals surface area contributed by atoms with E-state index in [9.17, 15) is 4.79 Å². The number of nitrogens with one attached hydrogen (secondary N) is 1. The highest BCUT2D eigenvalue weighted by molar-refractivity contribution is 5.95. The van der Waals surface area contributed by atoms with Crippen molar-refractivity contribution in [2.75, 3.05) is 24.4 Å². The summed E-state index contributed by atoms with van der Waals surface area (Å²) in [5.41, 5.74) is 14.6. The molecule has 2 heterocycles. The Kier molecular flexibility index (Phi) is 4.97. The summed E-state index contributed by atoms with van der Waals surface area (Å²) in [7, 11) is 0. The lowest BCUT2D eigenvalue weighted by atomic mass is 10.1. The van der Waals surface area contributed by atoms with Crippen molar-refractivity contribution >= 4 is 33.9 Å². The van der Waals surface area contributed by atoms with Crippen LogP contribution in [0.2, 0.25) is 0 Å². The number of nitrogens with zero attached hydrogens (tertiary/aromatic N) is 1. The topological polar surface area (TPSA) is 125 Å². The minimum absolute atomic E-state index is 0.119. The fourth-order valence-electron chi connectivity index (χ4n) is 3.50. The molecule has 8 nitrogen and oxygen atoms in total. The maximum Gasteiger partial charge on any atom is 0.238 e. The van der Waals surface area contributed by atoms with Crippen LogP contribution in [0.5, 0.6) is 11.5 Å². The minimum atomic E-state index is -0.300. The van der Waals surface area contributed by atoms with Gasteiger partial charge in [0, 0.05) is 17.0 Å². The number of amides is 1. The van der Waals surface area contributed by atoms with Gasteiger partial charge in [0.1, 0.15) is 5.76 Å². The average molecular weight is 428 g/mol. The van der Waals surface area contributed by atoms with E-state index in [1.54, 1.807) is 12.1 Å². The molecule has 5 rings (SSSR count). The summed E-state index contributed by atoms with van der Waals surface area (Å²) in [6.45, 7) is 0.0682.